The van der Waals surface area contributed by atoms with Crippen LogP contribution in [-0.4, -0.2) is 13.1 Å². The lowest BCUT2D eigenvalue weighted by atomic mass is 9.93. The van der Waals surface area contributed by atoms with E-state index in [0.29, 0.717) is 0 Å². The Bertz CT molecular complexity index is 296. The molecule has 80 valence electrons. The summed E-state index contributed by atoms with van der Waals surface area (Å²) in [5.74, 6) is 0.863. The monoisotopic (exact) mass is 201 g/mol. The molecule has 15 heavy (non-hydrogen) atoms. The van der Waals surface area contributed by atoms with Crippen LogP contribution in [0.3, 0.4) is 0 Å². The van der Waals surface area contributed by atoms with E-state index in [0.717, 1.165) is 5.92 Å². The van der Waals surface area contributed by atoms with Gasteiger partial charge in [-0.1, -0.05) is 24.3 Å². The molecule has 0 spiro atoms. The van der Waals surface area contributed by atoms with Gasteiger partial charge in [-0.25, -0.2) is 0 Å². The predicted molar refractivity (Wildman–Crippen MR) is 66.2 cm³/mol. The van der Waals surface area contributed by atoms with Gasteiger partial charge in [-0.05, 0) is 37.3 Å². The minimum absolute atomic E-state index is 0.863. The molecule has 1 saturated heterocycles. The second kappa shape index (κ2) is 5.01. The molecule has 1 aliphatic heterocycles. The fourth-order valence-corrected chi connectivity index (χ4v) is 2.30. The SMILES string of the molecule is C=CCC1CCN(c2ccccc2)CC1. The zero-order valence-electron chi connectivity index (χ0n) is 9.23. The standard InChI is InChI=1S/C14H19N/c1-2-6-13-9-11-15(12-10-13)14-7-4-3-5-8-14/h2-5,7-8,13H,1,6,9-12H2. The van der Waals surface area contributed by atoms with Crippen LogP contribution in [0.1, 0.15) is 19.3 Å². The van der Waals surface area contributed by atoms with Crippen molar-refractivity contribution in [1.29, 1.82) is 0 Å². The molecule has 0 radical (unpaired) electrons. The number of hydrogen-bond acceptors (Lipinski definition) is 1. The molecule has 0 bridgehead atoms. The van der Waals surface area contributed by atoms with Gasteiger partial charge in [0.1, 0.15) is 0 Å². The maximum atomic E-state index is 3.82. The fraction of sp³-hybridized carbons (Fsp3) is 0.429. The highest BCUT2D eigenvalue weighted by Gasteiger charge is 2.17. The van der Waals surface area contributed by atoms with Crippen LogP contribution in [0.25, 0.3) is 0 Å². The Balaban J connectivity index is 1.91. The van der Waals surface area contributed by atoms with Gasteiger partial charge in [0.2, 0.25) is 0 Å². The fourth-order valence-electron chi connectivity index (χ4n) is 2.30. The number of piperidine rings is 1. The largest absolute Gasteiger partial charge is 0.372 e. The maximum absolute atomic E-state index is 3.82. The summed E-state index contributed by atoms with van der Waals surface area (Å²) in [6.07, 6.45) is 5.85. The van der Waals surface area contributed by atoms with Gasteiger partial charge < -0.3 is 4.90 Å². The summed E-state index contributed by atoms with van der Waals surface area (Å²) in [6, 6.07) is 10.7. The van der Waals surface area contributed by atoms with Gasteiger partial charge in [0, 0.05) is 18.8 Å². The second-order valence-corrected chi connectivity index (χ2v) is 4.29. The second-order valence-electron chi connectivity index (χ2n) is 4.29. The summed E-state index contributed by atoms with van der Waals surface area (Å²) >= 11 is 0. The van der Waals surface area contributed by atoms with Gasteiger partial charge in [0.25, 0.3) is 0 Å². The van der Waals surface area contributed by atoms with Crippen molar-refractivity contribution in [2.45, 2.75) is 19.3 Å². The molecule has 0 saturated carbocycles. The van der Waals surface area contributed by atoms with Crippen LogP contribution in [0.15, 0.2) is 43.0 Å². The molecule has 0 amide bonds. The summed E-state index contributed by atoms with van der Waals surface area (Å²) in [5.41, 5.74) is 1.37. The van der Waals surface area contributed by atoms with Crippen molar-refractivity contribution in [2.24, 2.45) is 5.92 Å². The van der Waals surface area contributed by atoms with Crippen molar-refractivity contribution in [3.8, 4) is 0 Å². The van der Waals surface area contributed by atoms with Crippen LogP contribution >= 0.6 is 0 Å². The Labute approximate surface area is 92.4 Å². The summed E-state index contributed by atoms with van der Waals surface area (Å²) in [6.45, 7) is 6.21. The molecule has 0 aromatic heterocycles. The molecule has 0 aliphatic carbocycles. The average molecular weight is 201 g/mol. The molecule has 0 atom stereocenters. The van der Waals surface area contributed by atoms with E-state index in [1.54, 1.807) is 0 Å². The van der Waals surface area contributed by atoms with Gasteiger partial charge in [0.05, 0.1) is 0 Å². The Hall–Kier alpha value is -1.24. The summed E-state index contributed by atoms with van der Waals surface area (Å²) in [7, 11) is 0. The van der Waals surface area contributed by atoms with E-state index in [1.165, 1.54) is 38.0 Å². The first-order valence-electron chi connectivity index (χ1n) is 5.81. The first-order chi connectivity index (χ1) is 7.40. The summed E-state index contributed by atoms with van der Waals surface area (Å²) in [5, 5.41) is 0. The average Bonchev–Trinajstić information content (AvgIpc) is 2.32. The number of anilines is 1. The Kier molecular flexibility index (Phi) is 3.44. The number of benzene rings is 1. The molecular formula is C14H19N. The van der Waals surface area contributed by atoms with E-state index >= 15 is 0 Å². The van der Waals surface area contributed by atoms with Crippen LogP contribution in [0.2, 0.25) is 0 Å². The summed E-state index contributed by atoms with van der Waals surface area (Å²) in [4.78, 5) is 2.49. The molecule has 1 aromatic carbocycles. The predicted octanol–water partition coefficient (Wildman–Crippen LogP) is 3.48. The third-order valence-corrected chi connectivity index (χ3v) is 3.24. The lowest BCUT2D eigenvalue weighted by molar-refractivity contribution is 0.410. The number of nitrogens with zero attached hydrogens (tertiary/aromatic N) is 1. The maximum Gasteiger partial charge on any atom is 0.0366 e. The van der Waals surface area contributed by atoms with Gasteiger partial charge in [-0.2, -0.15) is 0 Å². The first kappa shape index (κ1) is 10.3. The molecule has 1 aliphatic rings. The highest BCUT2D eigenvalue weighted by molar-refractivity contribution is 5.46. The van der Waals surface area contributed by atoms with Crippen molar-refractivity contribution in [3.63, 3.8) is 0 Å². The van der Waals surface area contributed by atoms with Gasteiger partial charge in [0.15, 0.2) is 0 Å². The Morgan fingerprint density at radius 3 is 2.47 bits per heavy atom. The lowest BCUT2D eigenvalue weighted by Gasteiger charge is -2.33. The third kappa shape index (κ3) is 2.62. The number of allylic oxidation sites excluding steroid dienone is 1. The lowest BCUT2D eigenvalue weighted by Crippen LogP contribution is -2.33. The first-order valence-corrected chi connectivity index (χ1v) is 5.81. The van der Waals surface area contributed by atoms with Crippen LogP contribution in [-0.2, 0) is 0 Å². The highest BCUT2D eigenvalue weighted by Crippen LogP contribution is 2.24. The van der Waals surface area contributed by atoms with Crippen LogP contribution in [0.4, 0.5) is 5.69 Å². The van der Waals surface area contributed by atoms with Crippen molar-refractivity contribution in [2.75, 3.05) is 18.0 Å². The molecule has 2 rings (SSSR count). The van der Waals surface area contributed by atoms with Crippen molar-refractivity contribution >= 4 is 5.69 Å². The van der Waals surface area contributed by atoms with Crippen LogP contribution in [0, 0.1) is 5.92 Å². The molecule has 0 unspecified atom stereocenters. The smallest absolute Gasteiger partial charge is 0.0366 e. The van der Waals surface area contributed by atoms with E-state index in [-0.39, 0.29) is 0 Å². The van der Waals surface area contributed by atoms with E-state index in [2.05, 4.69) is 47.9 Å². The topological polar surface area (TPSA) is 3.24 Å². The zero-order chi connectivity index (χ0) is 10.5. The van der Waals surface area contributed by atoms with Gasteiger partial charge >= 0.3 is 0 Å². The minimum atomic E-state index is 0.863. The molecule has 0 N–H and O–H groups in total. The third-order valence-electron chi connectivity index (χ3n) is 3.24. The minimum Gasteiger partial charge on any atom is -0.372 e. The van der Waals surface area contributed by atoms with E-state index in [1.807, 2.05) is 0 Å². The highest BCUT2D eigenvalue weighted by atomic mass is 15.1. The van der Waals surface area contributed by atoms with E-state index in [9.17, 15) is 0 Å². The zero-order valence-corrected chi connectivity index (χ0v) is 9.23. The summed E-state index contributed by atoms with van der Waals surface area (Å²) < 4.78 is 0. The van der Waals surface area contributed by atoms with Crippen LogP contribution < -0.4 is 4.90 Å². The normalized spacial score (nSPS) is 17.7. The van der Waals surface area contributed by atoms with Crippen molar-refractivity contribution in [1.82, 2.24) is 0 Å². The van der Waals surface area contributed by atoms with E-state index in [4.69, 9.17) is 0 Å². The number of hydrogen-bond donors (Lipinski definition) is 0. The van der Waals surface area contributed by atoms with Gasteiger partial charge in [-0.15, -0.1) is 6.58 Å². The molecule has 1 aromatic rings. The van der Waals surface area contributed by atoms with Gasteiger partial charge in [-0.3, -0.25) is 0 Å². The molecule has 1 heterocycles. The quantitative estimate of drug-likeness (QED) is 0.677. The van der Waals surface area contributed by atoms with Crippen molar-refractivity contribution < 1.29 is 0 Å². The van der Waals surface area contributed by atoms with Crippen molar-refractivity contribution in [3.05, 3.63) is 43.0 Å². The van der Waals surface area contributed by atoms with E-state index < -0.39 is 0 Å². The molecule has 1 heteroatoms. The Morgan fingerprint density at radius 1 is 1.20 bits per heavy atom. The number of rotatable bonds is 3. The number of para-hydroxylation sites is 1. The molecule has 1 fully saturated rings. The molecular weight excluding hydrogens is 182 g/mol. The molecule has 1 nitrogen and oxygen atoms in total. The Morgan fingerprint density at radius 2 is 1.87 bits per heavy atom. The van der Waals surface area contributed by atoms with Crippen LogP contribution in [0.5, 0.6) is 0 Å².